The summed E-state index contributed by atoms with van der Waals surface area (Å²) in [7, 11) is 0. The van der Waals surface area contributed by atoms with E-state index in [9.17, 15) is 14.4 Å². The Hall–Kier alpha value is -2.61. The molecule has 1 N–H and O–H groups in total. The van der Waals surface area contributed by atoms with Crippen molar-refractivity contribution in [1.82, 2.24) is 14.7 Å². The maximum Gasteiger partial charge on any atom is 0.338 e. The van der Waals surface area contributed by atoms with Crippen molar-refractivity contribution in [3.05, 3.63) is 29.8 Å². The molecule has 8 nitrogen and oxygen atoms in total. The summed E-state index contributed by atoms with van der Waals surface area (Å²) in [5, 5.41) is 2.88. The Bertz CT molecular complexity index is 759. The monoisotopic (exact) mass is 430 g/mol. The molecule has 0 bridgehead atoms. The quantitative estimate of drug-likeness (QED) is 0.702. The predicted octanol–water partition coefficient (Wildman–Crippen LogP) is 2.80. The maximum atomic E-state index is 12.6. The highest BCUT2D eigenvalue weighted by atomic mass is 16.5. The van der Waals surface area contributed by atoms with Crippen LogP contribution in [-0.2, 0) is 9.53 Å². The number of piperidine rings is 1. The van der Waals surface area contributed by atoms with Gasteiger partial charge in [-0.1, -0.05) is 6.92 Å². The number of ether oxygens (including phenoxy) is 1. The van der Waals surface area contributed by atoms with Crippen molar-refractivity contribution >= 4 is 23.6 Å². The lowest BCUT2D eigenvalue weighted by molar-refractivity contribution is -0.136. The average molecular weight is 431 g/mol. The first-order chi connectivity index (χ1) is 15.0. The van der Waals surface area contributed by atoms with Crippen molar-refractivity contribution in [2.75, 3.05) is 51.2 Å². The van der Waals surface area contributed by atoms with E-state index in [1.54, 1.807) is 29.2 Å². The molecule has 2 saturated heterocycles. The van der Waals surface area contributed by atoms with Crippen molar-refractivity contribution in [3.8, 4) is 0 Å². The molecule has 1 atom stereocenters. The maximum absolute atomic E-state index is 12.6. The number of nitrogens with zero attached hydrogens (tertiary/aromatic N) is 3. The lowest BCUT2D eigenvalue weighted by Gasteiger charge is -2.38. The van der Waals surface area contributed by atoms with E-state index in [4.69, 9.17) is 4.74 Å². The van der Waals surface area contributed by atoms with Crippen LogP contribution in [-0.4, -0.2) is 84.5 Å². The summed E-state index contributed by atoms with van der Waals surface area (Å²) in [5.74, 6) is -0.160. The molecule has 2 heterocycles. The molecule has 3 rings (SSSR count). The molecule has 0 saturated carbocycles. The summed E-state index contributed by atoms with van der Waals surface area (Å²) in [6, 6.07) is 6.87. The topological polar surface area (TPSA) is 82.2 Å². The summed E-state index contributed by atoms with van der Waals surface area (Å²) < 4.78 is 5.11. The van der Waals surface area contributed by atoms with Gasteiger partial charge in [0.15, 0.2) is 0 Å². The van der Waals surface area contributed by atoms with E-state index in [1.165, 1.54) is 6.42 Å². The Morgan fingerprint density at radius 3 is 2.39 bits per heavy atom. The van der Waals surface area contributed by atoms with E-state index >= 15 is 0 Å². The van der Waals surface area contributed by atoms with Gasteiger partial charge in [-0.3, -0.25) is 9.69 Å². The van der Waals surface area contributed by atoms with Crippen LogP contribution in [0.1, 0.15) is 49.9 Å². The number of likely N-dealkylation sites (tertiary alicyclic amines) is 1. The molecule has 1 unspecified atom stereocenters. The third kappa shape index (κ3) is 6.43. The molecule has 2 aliphatic rings. The molecule has 3 amide bonds. The van der Waals surface area contributed by atoms with E-state index in [1.807, 2.05) is 11.8 Å². The standard InChI is InChI=1S/C23H34N4O4/c1-3-16-31-22(29)19-7-9-20(10-8-19)24-23(30)26-14-12-25(13-15-26)17-21(28)27-11-5-4-6-18(27)2/h7-10,18H,3-6,11-17H2,1-2H3,(H,24,30). The molecular formula is C23H34N4O4. The van der Waals surface area contributed by atoms with Crippen molar-refractivity contribution < 1.29 is 19.1 Å². The predicted molar refractivity (Wildman–Crippen MR) is 119 cm³/mol. The number of anilines is 1. The number of carbonyl (C=O) groups excluding carboxylic acids is 3. The highest BCUT2D eigenvalue weighted by Gasteiger charge is 2.27. The largest absolute Gasteiger partial charge is 0.462 e. The van der Waals surface area contributed by atoms with Gasteiger partial charge in [-0.2, -0.15) is 0 Å². The molecule has 31 heavy (non-hydrogen) atoms. The van der Waals surface area contributed by atoms with Crippen molar-refractivity contribution in [1.29, 1.82) is 0 Å². The van der Waals surface area contributed by atoms with Gasteiger partial charge in [0, 0.05) is 44.5 Å². The number of piperazine rings is 1. The van der Waals surface area contributed by atoms with Gasteiger partial charge in [0.25, 0.3) is 0 Å². The van der Waals surface area contributed by atoms with E-state index in [0.717, 1.165) is 25.8 Å². The summed E-state index contributed by atoms with van der Waals surface area (Å²) in [4.78, 5) is 43.0. The lowest BCUT2D eigenvalue weighted by atomic mass is 10.0. The van der Waals surface area contributed by atoms with E-state index in [-0.39, 0.29) is 17.9 Å². The number of esters is 1. The zero-order chi connectivity index (χ0) is 22.2. The normalized spacial score (nSPS) is 19.7. The van der Waals surface area contributed by atoms with Crippen molar-refractivity contribution in [3.63, 3.8) is 0 Å². The van der Waals surface area contributed by atoms with Gasteiger partial charge < -0.3 is 19.9 Å². The number of benzene rings is 1. The first kappa shape index (κ1) is 23.1. The third-order valence-corrected chi connectivity index (χ3v) is 5.95. The van der Waals surface area contributed by atoms with Gasteiger partial charge in [0.05, 0.1) is 18.7 Å². The van der Waals surface area contributed by atoms with E-state index in [0.29, 0.717) is 56.6 Å². The van der Waals surface area contributed by atoms with Crippen LogP contribution >= 0.6 is 0 Å². The number of amides is 3. The fourth-order valence-corrected chi connectivity index (χ4v) is 4.03. The molecule has 2 aliphatic heterocycles. The fourth-order valence-electron chi connectivity index (χ4n) is 4.03. The third-order valence-electron chi connectivity index (χ3n) is 5.95. The van der Waals surface area contributed by atoms with Gasteiger partial charge in [0.2, 0.25) is 5.91 Å². The second kappa shape index (κ2) is 11.1. The van der Waals surface area contributed by atoms with Crippen LogP contribution in [0, 0.1) is 0 Å². The molecule has 1 aromatic carbocycles. The minimum atomic E-state index is -0.357. The smallest absolute Gasteiger partial charge is 0.338 e. The first-order valence-electron chi connectivity index (χ1n) is 11.3. The van der Waals surface area contributed by atoms with Crippen LogP contribution in [0.5, 0.6) is 0 Å². The Morgan fingerprint density at radius 2 is 1.74 bits per heavy atom. The lowest BCUT2D eigenvalue weighted by Crippen LogP contribution is -2.53. The molecule has 8 heteroatoms. The highest BCUT2D eigenvalue weighted by Crippen LogP contribution is 2.17. The molecular weight excluding hydrogens is 396 g/mol. The van der Waals surface area contributed by atoms with Gasteiger partial charge in [-0.25, -0.2) is 9.59 Å². The molecule has 170 valence electrons. The Balaban J connectivity index is 1.42. The SMILES string of the molecule is CCCOC(=O)c1ccc(NC(=O)N2CCN(CC(=O)N3CCCCC3C)CC2)cc1. The summed E-state index contributed by atoms with van der Waals surface area (Å²) in [5.41, 5.74) is 1.10. The zero-order valence-corrected chi connectivity index (χ0v) is 18.6. The van der Waals surface area contributed by atoms with Crippen LogP contribution in [0.25, 0.3) is 0 Å². The van der Waals surface area contributed by atoms with Crippen LogP contribution in [0.15, 0.2) is 24.3 Å². The van der Waals surface area contributed by atoms with E-state index in [2.05, 4.69) is 17.1 Å². The number of hydrogen-bond acceptors (Lipinski definition) is 5. The van der Waals surface area contributed by atoms with Crippen LogP contribution < -0.4 is 5.32 Å². The van der Waals surface area contributed by atoms with Crippen LogP contribution in [0.4, 0.5) is 10.5 Å². The van der Waals surface area contributed by atoms with Gasteiger partial charge in [-0.05, 0) is 56.9 Å². The van der Waals surface area contributed by atoms with Gasteiger partial charge in [0.1, 0.15) is 0 Å². The highest BCUT2D eigenvalue weighted by molar-refractivity contribution is 5.92. The molecule has 0 aliphatic carbocycles. The Morgan fingerprint density at radius 1 is 1.03 bits per heavy atom. The summed E-state index contributed by atoms with van der Waals surface area (Å²) in [6.07, 6.45) is 4.15. The van der Waals surface area contributed by atoms with Crippen molar-refractivity contribution in [2.24, 2.45) is 0 Å². The molecule has 0 aromatic heterocycles. The summed E-state index contributed by atoms with van der Waals surface area (Å²) >= 11 is 0. The average Bonchev–Trinajstić information content (AvgIpc) is 2.78. The molecule has 0 radical (unpaired) electrons. The number of nitrogens with one attached hydrogen (secondary N) is 1. The number of carbonyl (C=O) groups is 3. The number of rotatable bonds is 6. The van der Waals surface area contributed by atoms with E-state index < -0.39 is 0 Å². The summed E-state index contributed by atoms with van der Waals surface area (Å²) in [6.45, 7) is 8.27. The minimum Gasteiger partial charge on any atom is -0.462 e. The number of hydrogen-bond donors (Lipinski definition) is 1. The molecule has 2 fully saturated rings. The van der Waals surface area contributed by atoms with Crippen molar-refractivity contribution in [2.45, 2.75) is 45.6 Å². The zero-order valence-electron chi connectivity index (χ0n) is 18.6. The van der Waals surface area contributed by atoms with Gasteiger partial charge in [-0.15, -0.1) is 0 Å². The first-order valence-corrected chi connectivity index (χ1v) is 11.3. The Kier molecular flexibility index (Phi) is 8.28. The fraction of sp³-hybridized carbons (Fsp3) is 0.609. The number of urea groups is 1. The second-order valence-corrected chi connectivity index (χ2v) is 8.34. The molecule has 1 aromatic rings. The van der Waals surface area contributed by atoms with Crippen LogP contribution in [0.2, 0.25) is 0 Å². The second-order valence-electron chi connectivity index (χ2n) is 8.34. The Labute approximate surface area is 184 Å². The van der Waals surface area contributed by atoms with Crippen LogP contribution in [0.3, 0.4) is 0 Å². The van der Waals surface area contributed by atoms with Gasteiger partial charge >= 0.3 is 12.0 Å². The minimum absolute atomic E-state index is 0.170. The molecule has 0 spiro atoms.